The Morgan fingerprint density at radius 1 is 1.19 bits per heavy atom. The predicted octanol–water partition coefficient (Wildman–Crippen LogP) is 4.41. The van der Waals surface area contributed by atoms with Gasteiger partial charge in [0.2, 0.25) is 0 Å². The van der Waals surface area contributed by atoms with Crippen LogP contribution >= 0.6 is 11.6 Å². The van der Waals surface area contributed by atoms with Gasteiger partial charge in [0.15, 0.2) is 0 Å². The maximum atomic E-state index is 13.4. The van der Waals surface area contributed by atoms with Gasteiger partial charge in [-0.1, -0.05) is 48.8 Å². The van der Waals surface area contributed by atoms with E-state index in [0.717, 1.165) is 12.8 Å². The first-order valence-corrected chi connectivity index (χ1v) is 6.11. The summed E-state index contributed by atoms with van der Waals surface area (Å²) in [6.07, 6.45) is 6.06. The first-order chi connectivity index (χ1) is 7.77. The third-order valence-electron chi connectivity index (χ3n) is 2.97. The maximum Gasteiger partial charge on any atom is 0.140 e. The Morgan fingerprint density at radius 3 is 2.62 bits per heavy atom. The highest BCUT2D eigenvalue weighted by Gasteiger charge is 2.10. The molecule has 0 aromatic heterocycles. The van der Waals surface area contributed by atoms with Crippen LogP contribution in [0.2, 0.25) is 5.02 Å². The van der Waals surface area contributed by atoms with Crippen molar-refractivity contribution in [3.8, 4) is 11.8 Å². The molecule has 2 rings (SSSR count). The van der Waals surface area contributed by atoms with E-state index in [4.69, 9.17) is 11.6 Å². The highest BCUT2D eigenvalue weighted by molar-refractivity contribution is 6.31. The van der Waals surface area contributed by atoms with Gasteiger partial charge < -0.3 is 0 Å². The summed E-state index contributed by atoms with van der Waals surface area (Å²) >= 11 is 5.90. The average Bonchev–Trinajstić information content (AvgIpc) is 2.30. The number of hydrogen-bond acceptors (Lipinski definition) is 0. The highest BCUT2D eigenvalue weighted by atomic mass is 35.5. The van der Waals surface area contributed by atoms with Gasteiger partial charge >= 0.3 is 0 Å². The molecule has 1 aromatic rings. The van der Waals surface area contributed by atoms with Crippen LogP contribution < -0.4 is 0 Å². The topological polar surface area (TPSA) is 0 Å². The van der Waals surface area contributed by atoms with E-state index in [-0.39, 0.29) is 5.82 Å². The number of halogens is 2. The lowest BCUT2D eigenvalue weighted by Crippen LogP contribution is -2.03. The molecule has 0 spiro atoms. The van der Waals surface area contributed by atoms with Crippen LogP contribution in [0.25, 0.3) is 0 Å². The zero-order chi connectivity index (χ0) is 11.4. The average molecular weight is 237 g/mol. The van der Waals surface area contributed by atoms with E-state index in [9.17, 15) is 4.39 Å². The molecule has 84 valence electrons. The Bertz CT molecular complexity index is 402. The minimum atomic E-state index is -0.323. The third kappa shape index (κ3) is 2.77. The van der Waals surface area contributed by atoms with Gasteiger partial charge in [-0.2, -0.15) is 0 Å². The monoisotopic (exact) mass is 236 g/mol. The second kappa shape index (κ2) is 5.37. The van der Waals surface area contributed by atoms with E-state index >= 15 is 0 Å². The summed E-state index contributed by atoms with van der Waals surface area (Å²) in [6.45, 7) is 0. The summed E-state index contributed by atoms with van der Waals surface area (Å²) in [4.78, 5) is 0. The fraction of sp³-hybridized carbons (Fsp3) is 0.429. The van der Waals surface area contributed by atoms with Crippen molar-refractivity contribution >= 4 is 11.6 Å². The van der Waals surface area contributed by atoms with Crippen molar-refractivity contribution in [3.05, 3.63) is 34.6 Å². The first kappa shape index (κ1) is 11.5. The zero-order valence-electron chi connectivity index (χ0n) is 9.10. The second-order valence-electron chi connectivity index (χ2n) is 4.20. The molecule has 0 unspecified atom stereocenters. The molecule has 2 heteroatoms. The van der Waals surface area contributed by atoms with Crippen LogP contribution in [0, 0.1) is 23.6 Å². The molecule has 0 nitrogen and oxygen atoms in total. The second-order valence-corrected chi connectivity index (χ2v) is 4.61. The fourth-order valence-electron chi connectivity index (χ4n) is 2.04. The van der Waals surface area contributed by atoms with E-state index < -0.39 is 0 Å². The van der Waals surface area contributed by atoms with Crippen LogP contribution in [-0.2, 0) is 0 Å². The Balaban J connectivity index is 2.16. The Kier molecular flexibility index (Phi) is 3.85. The summed E-state index contributed by atoms with van der Waals surface area (Å²) in [5.41, 5.74) is 0.342. The van der Waals surface area contributed by atoms with Crippen molar-refractivity contribution in [2.75, 3.05) is 0 Å². The molecule has 1 aliphatic carbocycles. The maximum absolute atomic E-state index is 13.4. The molecule has 0 radical (unpaired) electrons. The van der Waals surface area contributed by atoms with Crippen molar-refractivity contribution < 1.29 is 4.39 Å². The lowest BCUT2D eigenvalue weighted by molar-refractivity contribution is 0.430. The molecule has 0 aliphatic heterocycles. The normalized spacial score (nSPS) is 16.6. The van der Waals surface area contributed by atoms with Crippen molar-refractivity contribution in [1.29, 1.82) is 0 Å². The molecule has 0 saturated heterocycles. The SMILES string of the molecule is Fc1cccc(Cl)c1C#CC1CCCCC1. The zero-order valence-corrected chi connectivity index (χ0v) is 9.86. The van der Waals surface area contributed by atoms with E-state index in [1.165, 1.54) is 25.3 Å². The van der Waals surface area contributed by atoms with Crippen LogP contribution in [0.4, 0.5) is 4.39 Å². The Morgan fingerprint density at radius 2 is 1.94 bits per heavy atom. The summed E-state index contributed by atoms with van der Waals surface area (Å²) in [7, 11) is 0. The van der Waals surface area contributed by atoms with Gasteiger partial charge in [-0.15, -0.1) is 0 Å². The van der Waals surface area contributed by atoms with Gasteiger partial charge in [-0.3, -0.25) is 0 Å². The molecule has 1 fully saturated rings. The van der Waals surface area contributed by atoms with Crippen molar-refractivity contribution in [2.24, 2.45) is 5.92 Å². The Hall–Kier alpha value is -1.00. The van der Waals surface area contributed by atoms with Crippen LogP contribution in [0.15, 0.2) is 18.2 Å². The van der Waals surface area contributed by atoms with Gasteiger partial charge in [0, 0.05) is 5.92 Å². The third-order valence-corrected chi connectivity index (χ3v) is 3.28. The van der Waals surface area contributed by atoms with E-state index in [2.05, 4.69) is 11.8 Å². The Labute approximate surface area is 101 Å². The van der Waals surface area contributed by atoms with Gasteiger partial charge in [0.1, 0.15) is 5.82 Å². The molecule has 0 bridgehead atoms. The summed E-state index contributed by atoms with van der Waals surface area (Å²) in [5.74, 6) is 6.14. The van der Waals surface area contributed by atoms with Crippen molar-refractivity contribution in [1.82, 2.24) is 0 Å². The summed E-state index contributed by atoms with van der Waals surface area (Å²) in [6, 6.07) is 4.68. The van der Waals surface area contributed by atoms with Crippen LogP contribution in [0.5, 0.6) is 0 Å². The highest BCUT2D eigenvalue weighted by Crippen LogP contribution is 2.23. The number of rotatable bonds is 0. The molecule has 16 heavy (non-hydrogen) atoms. The molecular formula is C14H14ClF. The molecule has 1 aliphatic rings. The smallest absolute Gasteiger partial charge is 0.140 e. The molecular weight excluding hydrogens is 223 g/mol. The predicted molar refractivity (Wildman–Crippen MR) is 64.9 cm³/mol. The van der Waals surface area contributed by atoms with E-state index in [1.54, 1.807) is 12.1 Å². The van der Waals surface area contributed by atoms with Gasteiger partial charge in [0.05, 0.1) is 10.6 Å². The fourth-order valence-corrected chi connectivity index (χ4v) is 2.25. The number of benzene rings is 1. The van der Waals surface area contributed by atoms with Crippen LogP contribution in [0.1, 0.15) is 37.7 Å². The van der Waals surface area contributed by atoms with E-state index in [1.807, 2.05) is 0 Å². The van der Waals surface area contributed by atoms with Crippen LogP contribution in [-0.4, -0.2) is 0 Å². The van der Waals surface area contributed by atoms with Gasteiger partial charge in [-0.05, 0) is 25.0 Å². The summed E-state index contributed by atoms with van der Waals surface area (Å²) < 4.78 is 13.4. The van der Waals surface area contributed by atoms with E-state index in [0.29, 0.717) is 16.5 Å². The molecule has 1 saturated carbocycles. The minimum absolute atomic E-state index is 0.323. The summed E-state index contributed by atoms with van der Waals surface area (Å²) in [5, 5.41) is 0.406. The molecule has 0 amide bonds. The standard InChI is InChI=1S/C14H14ClF/c15-13-7-4-8-14(16)12(13)10-9-11-5-2-1-3-6-11/h4,7-8,11H,1-3,5-6H2. The van der Waals surface area contributed by atoms with Crippen molar-refractivity contribution in [2.45, 2.75) is 32.1 Å². The minimum Gasteiger partial charge on any atom is -0.206 e. The largest absolute Gasteiger partial charge is 0.206 e. The molecule has 0 N–H and O–H groups in total. The van der Waals surface area contributed by atoms with Crippen molar-refractivity contribution in [3.63, 3.8) is 0 Å². The molecule has 0 atom stereocenters. The van der Waals surface area contributed by atoms with Gasteiger partial charge in [0.25, 0.3) is 0 Å². The van der Waals surface area contributed by atoms with Crippen LogP contribution in [0.3, 0.4) is 0 Å². The quantitative estimate of drug-likeness (QED) is 0.586. The van der Waals surface area contributed by atoms with Gasteiger partial charge in [-0.25, -0.2) is 4.39 Å². The molecule has 1 aromatic carbocycles. The number of hydrogen-bond donors (Lipinski definition) is 0. The molecule has 0 heterocycles. The lowest BCUT2D eigenvalue weighted by atomic mass is 9.89. The first-order valence-electron chi connectivity index (χ1n) is 5.73. The lowest BCUT2D eigenvalue weighted by Gasteiger charge is -2.15.